The van der Waals surface area contributed by atoms with Crippen molar-refractivity contribution in [1.82, 2.24) is 0 Å². The van der Waals surface area contributed by atoms with Crippen LogP contribution in [0.25, 0.3) is 0 Å². The lowest BCUT2D eigenvalue weighted by atomic mass is 9.92. The van der Waals surface area contributed by atoms with E-state index in [0.717, 1.165) is 19.3 Å². The van der Waals surface area contributed by atoms with Crippen molar-refractivity contribution in [3.05, 3.63) is 0 Å². The van der Waals surface area contributed by atoms with Gasteiger partial charge in [0.05, 0.1) is 8.41 Å². The summed E-state index contributed by atoms with van der Waals surface area (Å²) < 4.78 is 0. The molecule has 0 rings (SSSR count). The summed E-state index contributed by atoms with van der Waals surface area (Å²) in [6.07, 6.45) is 3.29. The standard InChI is InChI=1S/C7H17N.BH3.4FH/c1-4-7(8,5-2)6-3;;;;;/h4-6,8H2,1-3H3;1H3;4*1H. The van der Waals surface area contributed by atoms with E-state index in [1.54, 1.807) is 0 Å². The van der Waals surface area contributed by atoms with Gasteiger partial charge in [-0.3, -0.25) is 18.8 Å². The zero-order valence-electron chi connectivity index (χ0n) is 7.83. The first kappa shape index (κ1) is 38.6. The predicted octanol–water partition coefficient (Wildman–Crippen LogP) is 1.34. The molecule has 0 aliphatic heterocycles. The van der Waals surface area contributed by atoms with Crippen LogP contribution in [0.5, 0.6) is 0 Å². The Kier molecular flexibility index (Phi) is 52.7. The summed E-state index contributed by atoms with van der Waals surface area (Å²) in [6, 6.07) is 0. The van der Waals surface area contributed by atoms with E-state index >= 15 is 0 Å². The SMILES string of the molecule is B.CCC(N)(CC)CC.F.F.F.F. The summed E-state index contributed by atoms with van der Waals surface area (Å²) >= 11 is 0. The van der Waals surface area contributed by atoms with Gasteiger partial charge in [0, 0.05) is 5.54 Å². The smallest absolute Gasteiger partial charge is 0.0814 e. The minimum absolute atomic E-state index is 0. The predicted molar refractivity (Wildman–Crippen MR) is 57.7 cm³/mol. The third-order valence-electron chi connectivity index (χ3n) is 2.11. The summed E-state index contributed by atoms with van der Waals surface area (Å²) in [6.45, 7) is 6.44. The Hall–Kier alpha value is -0.255. The molecule has 1 nitrogen and oxygen atoms in total. The lowest BCUT2D eigenvalue weighted by Crippen LogP contribution is -2.37. The molecule has 6 heteroatoms. The Balaban J connectivity index is -0.0000000245. The third-order valence-corrected chi connectivity index (χ3v) is 2.11. The molecule has 0 fully saturated rings. The first-order valence-electron chi connectivity index (χ1n) is 3.47. The molecule has 0 atom stereocenters. The second kappa shape index (κ2) is 17.7. The van der Waals surface area contributed by atoms with Gasteiger partial charge in [-0.05, 0) is 19.3 Å². The average Bonchev–Trinajstić information content (AvgIpc) is 1.87. The molecule has 0 heterocycles. The van der Waals surface area contributed by atoms with Gasteiger partial charge in [-0.15, -0.1) is 0 Å². The van der Waals surface area contributed by atoms with Gasteiger partial charge in [0.1, 0.15) is 0 Å². The van der Waals surface area contributed by atoms with Crippen molar-refractivity contribution in [2.24, 2.45) is 5.73 Å². The van der Waals surface area contributed by atoms with Crippen molar-refractivity contribution in [2.45, 2.75) is 45.6 Å². The number of halogens is 4. The Morgan fingerprint density at radius 1 is 0.769 bits per heavy atom. The summed E-state index contributed by atoms with van der Waals surface area (Å²) in [5.41, 5.74) is 6.02. The van der Waals surface area contributed by atoms with Gasteiger partial charge >= 0.3 is 0 Å². The van der Waals surface area contributed by atoms with E-state index in [1.165, 1.54) is 0 Å². The molecule has 0 radical (unpaired) electrons. The Morgan fingerprint density at radius 3 is 0.923 bits per heavy atom. The lowest BCUT2D eigenvalue weighted by molar-refractivity contribution is 0.383. The van der Waals surface area contributed by atoms with Crippen LogP contribution in [0, 0.1) is 0 Å². The van der Waals surface area contributed by atoms with E-state index in [-0.39, 0.29) is 32.8 Å². The molecule has 0 saturated heterocycles. The van der Waals surface area contributed by atoms with E-state index in [1.807, 2.05) is 0 Å². The van der Waals surface area contributed by atoms with Crippen molar-refractivity contribution >= 4 is 8.41 Å². The molecule has 13 heavy (non-hydrogen) atoms. The first-order valence-corrected chi connectivity index (χ1v) is 3.47. The zero-order valence-corrected chi connectivity index (χ0v) is 7.83. The summed E-state index contributed by atoms with van der Waals surface area (Å²) in [4.78, 5) is 0. The van der Waals surface area contributed by atoms with Gasteiger partial charge in [0.15, 0.2) is 0 Å². The van der Waals surface area contributed by atoms with Crippen LogP contribution in [-0.2, 0) is 0 Å². The zero-order chi connectivity index (χ0) is 6.62. The number of hydrogen-bond acceptors (Lipinski definition) is 1. The minimum atomic E-state index is 0. The maximum Gasteiger partial charge on any atom is 0.0814 e. The largest absolute Gasteiger partial charge is 0.325 e. The van der Waals surface area contributed by atoms with Crippen LogP contribution in [0.3, 0.4) is 0 Å². The molecule has 0 spiro atoms. The fourth-order valence-corrected chi connectivity index (χ4v) is 0.750. The van der Waals surface area contributed by atoms with E-state index in [4.69, 9.17) is 5.73 Å². The van der Waals surface area contributed by atoms with Crippen molar-refractivity contribution < 1.29 is 18.8 Å². The van der Waals surface area contributed by atoms with Crippen LogP contribution in [0.15, 0.2) is 0 Å². The van der Waals surface area contributed by atoms with Gasteiger partial charge < -0.3 is 5.73 Å². The molecular formula is C7H24BF4N. The fraction of sp³-hybridized carbons (Fsp3) is 1.00. The maximum absolute atomic E-state index is 5.90. The second-order valence-electron chi connectivity index (χ2n) is 2.42. The summed E-state index contributed by atoms with van der Waals surface area (Å²) in [5.74, 6) is 0. The average molecular weight is 209 g/mol. The molecule has 2 N–H and O–H groups in total. The summed E-state index contributed by atoms with van der Waals surface area (Å²) in [7, 11) is 0. The molecule has 0 aromatic rings. The van der Waals surface area contributed by atoms with E-state index in [2.05, 4.69) is 20.8 Å². The molecular weight excluding hydrogens is 185 g/mol. The normalized spacial score (nSPS) is 7.38. The number of nitrogens with two attached hydrogens (primary N) is 1. The van der Waals surface area contributed by atoms with Crippen molar-refractivity contribution in [3.63, 3.8) is 0 Å². The Morgan fingerprint density at radius 2 is 0.923 bits per heavy atom. The molecule has 0 amide bonds. The highest BCUT2D eigenvalue weighted by Crippen LogP contribution is 2.14. The monoisotopic (exact) mass is 209 g/mol. The fourth-order valence-electron chi connectivity index (χ4n) is 0.750. The molecule has 0 saturated carbocycles. The molecule has 0 aromatic carbocycles. The van der Waals surface area contributed by atoms with Gasteiger partial charge in [-0.2, -0.15) is 0 Å². The molecule has 0 unspecified atom stereocenters. The second-order valence-corrected chi connectivity index (χ2v) is 2.42. The van der Waals surface area contributed by atoms with Crippen molar-refractivity contribution in [1.29, 1.82) is 0 Å². The van der Waals surface area contributed by atoms with Crippen LogP contribution in [0.4, 0.5) is 18.8 Å². The minimum Gasteiger partial charge on any atom is -0.325 e. The Labute approximate surface area is 79.5 Å². The van der Waals surface area contributed by atoms with Gasteiger partial charge in [0.25, 0.3) is 0 Å². The first-order chi connectivity index (χ1) is 3.68. The van der Waals surface area contributed by atoms with Crippen LogP contribution in [0.1, 0.15) is 40.0 Å². The summed E-state index contributed by atoms with van der Waals surface area (Å²) in [5, 5.41) is 0. The maximum atomic E-state index is 5.90. The van der Waals surface area contributed by atoms with Crippen LogP contribution in [-0.4, -0.2) is 14.0 Å². The van der Waals surface area contributed by atoms with Gasteiger partial charge in [-0.25, -0.2) is 0 Å². The van der Waals surface area contributed by atoms with Crippen molar-refractivity contribution in [3.8, 4) is 0 Å². The number of hydrogen-bond donors (Lipinski definition) is 1. The molecule has 0 aliphatic carbocycles. The topological polar surface area (TPSA) is 26.0 Å². The highest BCUT2D eigenvalue weighted by Gasteiger charge is 2.15. The van der Waals surface area contributed by atoms with E-state index in [9.17, 15) is 0 Å². The molecule has 0 bridgehead atoms. The van der Waals surface area contributed by atoms with E-state index < -0.39 is 0 Å². The van der Waals surface area contributed by atoms with Crippen LogP contribution < -0.4 is 5.73 Å². The van der Waals surface area contributed by atoms with E-state index in [0.29, 0.717) is 0 Å². The molecule has 0 aliphatic rings. The van der Waals surface area contributed by atoms with Crippen LogP contribution >= 0.6 is 0 Å². The van der Waals surface area contributed by atoms with Gasteiger partial charge in [-0.1, -0.05) is 20.8 Å². The van der Waals surface area contributed by atoms with Crippen LogP contribution in [0.2, 0.25) is 0 Å². The van der Waals surface area contributed by atoms with Crippen molar-refractivity contribution in [2.75, 3.05) is 0 Å². The third kappa shape index (κ3) is 14.6. The highest BCUT2D eigenvalue weighted by atomic mass is 19.0. The quantitative estimate of drug-likeness (QED) is 0.550. The van der Waals surface area contributed by atoms with Gasteiger partial charge in [0.2, 0.25) is 0 Å². The number of rotatable bonds is 3. The molecule has 0 aromatic heterocycles. The highest BCUT2D eigenvalue weighted by molar-refractivity contribution is 5.75. The Bertz CT molecular complexity index is 63.2. The molecule has 88 valence electrons. The lowest BCUT2D eigenvalue weighted by Gasteiger charge is -2.23.